The second kappa shape index (κ2) is 17.5. The second-order valence-electron chi connectivity index (χ2n) is 10.7. The molecule has 0 atom stereocenters. The molecule has 0 unspecified atom stereocenters. The molecule has 0 N–H and O–H groups in total. The van der Waals surface area contributed by atoms with Gasteiger partial charge in [0.15, 0.2) is 0 Å². The van der Waals surface area contributed by atoms with Gasteiger partial charge in [0.05, 0.1) is 28.4 Å². The van der Waals surface area contributed by atoms with Crippen LogP contribution in [0.4, 0.5) is 5.69 Å². The van der Waals surface area contributed by atoms with E-state index in [1.54, 1.807) is 0 Å². The van der Waals surface area contributed by atoms with Crippen LogP contribution in [0.25, 0.3) is 33.4 Å². The number of hydrogen-bond acceptors (Lipinski definition) is 6. The number of carbonyl (C=O) groups is 2. The SMILES string of the molecule is CC(=O)[O-].CCCCCCOC(=O)c1ccccc1-c1c2cc(Br)c(=[N+](CC)CC)cc-2oc2cc(N(CC)CC)c(Br)cc12. The third-order valence-corrected chi connectivity index (χ3v) is 8.98. The number of rotatable bonds is 12. The smallest absolute Gasteiger partial charge is 0.338 e. The summed E-state index contributed by atoms with van der Waals surface area (Å²) in [6.07, 6.45) is 4.23. The number of anilines is 1. The monoisotopic (exact) mass is 742 g/mol. The molecule has 1 aliphatic heterocycles. The quantitative estimate of drug-likeness (QED) is 0.0636. The topological polar surface area (TPSA) is 85.8 Å². The maximum absolute atomic E-state index is 13.4. The van der Waals surface area contributed by atoms with Gasteiger partial charge < -0.3 is 24.0 Å². The summed E-state index contributed by atoms with van der Waals surface area (Å²) in [6, 6.07) is 16.2. The predicted molar refractivity (Wildman–Crippen MR) is 189 cm³/mol. The minimum atomic E-state index is -1.08. The van der Waals surface area contributed by atoms with Gasteiger partial charge in [0.2, 0.25) is 5.36 Å². The van der Waals surface area contributed by atoms with Gasteiger partial charge in [0.1, 0.15) is 24.4 Å². The molecule has 2 aromatic rings. The molecule has 7 nitrogen and oxygen atoms in total. The Labute approximate surface area is 283 Å². The maximum atomic E-state index is 13.4. The molecule has 9 heteroatoms. The number of benzene rings is 3. The van der Waals surface area contributed by atoms with Crippen molar-refractivity contribution in [1.29, 1.82) is 0 Å². The number of fused-ring (bicyclic) bond motifs is 2. The second-order valence-corrected chi connectivity index (χ2v) is 12.4. The number of aliphatic carboxylic acids is 1. The first-order chi connectivity index (χ1) is 21.6. The molecule has 0 aromatic heterocycles. The van der Waals surface area contributed by atoms with Crippen molar-refractivity contribution in [2.45, 2.75) is 67.2 Å². The Balaban J connectivity index is 0.00000130. The van der Waals surface area contributed by atoms with Gasteiger partial charge >= 0.3 is 5.97 Å². The molecule has 1 aliphatic carbocycles. The summed E-state index contributed by atoms with van der Waals surface area (Å²) < 4.78 is 16.7. The summed E-state index contributed by atoms with van der Waals surface area (Å²) in [6.45, 7) is 15.7. The lowest BCUT2D eigenvalue weighted by Gasteiger charge is -2.24. The number of unbranched alkanes of at least 4 members (excludes halogenated alkanes) is 3. The van der Waals surface area contributed by atoms with Crippen LogP contribution in [0.2, 0.25) is 0 Å². The summed E-state index contributed by atoms with van der Waals surface area (Å²) in [4.78, 5) is 24.6. The minimum Gasteiger partial charge on any atom is -0.550 e. The summed E-state index contributed by atoms with van der Waals surface area (Å²) in [5.41, 5.74) is 5.14. The average Bonchev–Trinajstić information content (AvgIpc) is 3.01. The molecule has 1 heterocycles. The van der Waals surface area contributed by atoms with E-state index >= 15 is 0 Å². The molecular formula is C36H44Br2N2O5. The van der Waals surface area contributed by atoms with Gasteiger partial charge in [-0.3, -0.25) is 0 Å². The summed E-state index contributed by atoms with van der Waals surface area (Å²) in [5, 5.41) is 10.9. The standard InChI is InChI=1S/C34H41Br2N2O3.C2H4O2/c1-6-11-12-15-18-40-34(39)24-17-14-13-16-23(24)33-25-19-27(35)29(37(7-2)8-3)21-31(25)41-32-22-30(38(9-4)10-5)28(36)20-26(32)33;1-2(3)4/h13-14,16-17,19-22H,6-12,15,18H2,1-5H3;1H3,(H,3,4)/q+1;/p-1. The van der Waals surface area contributed by atoms with Crippen LogP contribution < -0.4 is 19.9 Å². The van der Waals surface area contributed by atoms with Gasteiger partial charge in [-0.05, 0) is 96.7 Å². The number of halogens is 2. The number of ether oxygens (including phenoxy) is 1. The minimum absolute atomic E-state index is 0.295. The maximum Gasteiger partial charge on any atom is 0.338 e. The Morgan fingerprint density at radius 3 is 2.18 bits per heavy atom. The number of carboxylic acids is 1. The first-order valence-electron chi connectivity index (χ1n) is 15.8. The molecule has 0 fully saturated rings. The Kier molecular flexibility index (Phi) is 14.1. The highest BCUT2D eigenvalue weighted by Crippen LogP contribution is 2.44. The first-order valence-corrected chi connectivity index (χ1v) is 17.4. The average molecular weight is 745 g/mol. The van der Waals surface area contributed by atoms with Gasteiger partial charge in [-0.15, -0.1) is 0 Å². The fourth-order valence-electron chi connectivity index (χ4n) is 5.46. The van der Waals surface area contributed by atoms with E-state index in [4.69, 9.17) is 19.1 Å². The van der Waals surface area contributed by atoms with Gasteiger partial charge in [-0.25, -0.2) is 9.37 Å². The highest BCUT2D eigenvalue weighted by atomic mass is 79.9. The molecule has 0 saturated carbocycles. The van der Waals surface area contributed by atoms with E-state index in [1.807, 2.05) is 24.3 Å². The molecule has 0 bridgehead atoms. The predicted octanol–water partition coefficient (Wildman–Crippen LogP) is 7.88. The molecular weight excluding hydrogens is 700 g/mol. The fourth-order valence-corrected chi connectivity index (χ4v) is 6.65. The number of carbonyl (C=O) groups excluding carboxylic acids is 2. The van der Waals surface area contributed by atoms with Crippen LogP contribution in [-0.4, -0.2) is 44.7 Å². The zero-order chi connectivity index (χ0) is 33.1. The molecule has 0 spiro atoms. The van der Waals surface area contributed by atoms with Crippen molar-refractivity contribution in [3.8, 4) is 22.5 Å². The van der Waals surface area contributed by atoms with E-state index in [2.05, 4.69) is 100 Å². The number of hydrogen-bond donors (Lipinski definition) is 0. The molecule has 0 radical (unpaired) electrons. The summed E-state index contributed by atoms with van der Waals surface area (Å²) >= 11 is 7.69. The Morgan fingerprint density at radius 1 is 0.889 bits per heavy atom. The largest absolute Gasteiger partial charge is 0.550 e. The van der Waals surface area contributed by atoms with Crippen LogP contribution in [0.5, 0.6) is 0 Å². The normalized spacial score (nSPS) is 10.8. The molecule has 242 valence electrons. The Morgan fingerprint density at radius 2 is 1.56 bits per heavy atom. The van der Waals surface area contributed by atoms with Crippen LogP contribution in [0.3, 0.4) is 0 Å². The van der Waals surface area contributed by atoms with Crippen LogP contribution in [0, 0.1) is 0 Å². The third kappa shape index (κ3) is 8.97. The number of nitrogens with zero attached hydrogens (tertiary/aromatic N) is 2. The van der Waals surface area contributed by atoms with E-state index in [0.717, 1.165) is 112 Å². The van der Waals surface area contributed by atoms with Crippen molar-refractivity contribution in [2.75, 3.05) is 37.7 Å². The van der Waals surface area contributed by atoms with Crippen molar-refractivity contribution >= 4 is 60.5 Å². The zero-order valence-corrected chi connectivity index (χ0v) is 30.3. The molecule has 0 amide bonds. The van der Waals surface area contributed by atoms with E-state index < -0.39 is 5.97 Å². The van der Waals surface area contributed by atoms with Gasteiger partial charge in [0.25, 0.3) is 0 Å². The molecule has 2 aromatic carbocycles. The zero-order valence-electron chi connectivity index (χ0n) is 27.2. The Bertz CT molecular complexity index is 1650. The van der Waals surface area contributed by atoms with Crippen molar-refractivity contribution in [3.63, 3.8) is 0 Å². The lowest BCUT2D eigenvalue weighted by molar-refractivity contribution is -0.302. The van der Waals surface area contributed by atoms with Crippen LogP contribution in [-0.2, 0) is 9.53 Å². The first kappa shape index (κ1) is 36.3. The summed E-state index contributed by atoms with van der Waals surface area (Å²) in [5.74, 6) is -0.606. The number of carboxylic acid groups (broad SMARTS) is 1. The fraction of sp³-hybridized carbons (Fsp3) is 0.417. The van der Waals surface area contributed by atoms with Crippen molar-refractivity contribution < 1.29 is 23.8 Å². The van der Waals surface area contributed by atoms with Crippen LogP contribution in [0.1, 0.15) is 77.6 Å². The van der Waals surface area contributed by atoms with Crippen molar-refractivity contribution in [1.82, 2.24) is 4.58 Å². The van der Waals surface area contributed by atoms with Crippen molar-refractivity contribution in [3.05, 3.63) is 68.4 Å². The molecule has 4 rings (SSSR count). The number of esters is 1. The molecule has 2 aliphatic rings. The van der Waals surface area contributed by atoms with E-state index in [1.165, 1.54) is 0 Å². The Hall–Kier alpha value is -3.17. The van der Waals surface area contributed by atoms with Gasteiger partial charge in [0, 0.05) is 46.1 Å². The lowest BCUT2D eigenvalue weighted by atomic mass is 9.90. The van der Waals surface area contributed by atoms with Gasteiger partial charge in [-0.2, -0.15) is 0 Å². The van der Waals surface area contributed by atoms with E-state index in [0.29, 0.717) is 12.2 Å². The highest BCUT2D eigenvalue weighted by Gasteiger charge is 2.25. The summed E-state index contributed by atoms with van der Waals surface area (Å²) in [7, 11) is 0. The lowest BCUT2D eigenvalue weighted by Crippen LogP contribution is -2.30. The van der Waals surface area contributed by atoms with Crippen molar-refractivity contribution in [2.24, 2.45) is 0 Å². The highest BCUT2D eigenvalue weighted by molar-refractivity contribution is 9.10. The van der Waals surface area contributed by atoms with Crippen LogP contribution >= 0.6 is 31.9 Å². The van der Waals surface area contributed by atoms with E-state index in [9.17, 15) is 4.79 Å². The van der Waals surface area contributed by atoms with E-state index in [-0.39, 0.29) is 5.97 Å². The van der Waals surface area contributed by atoms with Crippen LogP contribution in [0.15, 0.2) is 61.9 Å². The third-order valence-electron chi connectivity index (χ3n) is 7.71. The molecule has 0 saturated heterocycles. The molecule has 45 heavy (non-hydrogen) atoms. The van der Waals surface area contributed by atoms with Gasteiger partial charge in [-0.1, -0.05) is 44.4 Å².